The van der Waals surface area contributed by atoms with Crippen LogP contribution in [0.4, 0.5) is 4.39 Å². The van der Waals surface area contributed by atoms with Crippen LogP contribution in [0.2, 0.25) is 0 Å². The molecule has 5 nitrogen and oxygen atoms in total. The number of aliphatic hydroxyl groups is 1. The van der Waals surface area contributed by atoms with Crippen LogP contribution in [0.1, 0.15) is 28.4 Å². The second-order valence-corrected chi connectivity index (χ2v) is 5.35. The van der Waals surface area contributed by atoms with Gasteiger partial charge in [-0.2, -0.15) is 0 Å². The molecular weight excluding hydrogens is 287 g/mol. The van der Waals surface area contributed by atoms with Crippen LogP contribution in [-0.4, -0.2) is 38.7 Å². The molecule has 2 heterocycles. The van der Waals surface area contributed by atoms with Gasteiger partial charge in [0.05, 0.1) is 23.9 Å². The summed E-state index contributed by atoms with van der Waals surface area (Å²) in [6.07, 6.45) is 2.28. The van der Waals surface area contributed by atoms with E-state index in [9.17, 15) is 19.4 Å². The Morgan fingerprint density at radius 2 is 2.14 bits per heavy atom. The smallest absolute Gasteiger partial charge is 0.256 e. The maximum atomic E-state index is 13.4. The van der Waals surface area contributed by atoms with Crippen LogP contribution in [0, 0.1) is 5.82 Å². The number of aliphatic hydroxyl groups excluding tert-OH is 1. The van der Waals surface area contributed by atoms with Crippen LogP contribution < -0.4 is 0 Å². The number of amides is 1. The van der Waals surface area contributed by atoms with E-state index in [0.717, 1.165) is 0 Å². The molecule has 2 aromatic rings. The quantitative estimate of drug-likeness (QED) is 0.888. The summed E-state index contributed by atoms with van der Waals surface area (Å²) in [5.41, 5.74) is 0.869. The summed E-state index contributed by atoms with van der Waals surface area (Å²) >= 11 is 0. The molecule has 6 heteroatoms. The Bertz CT molecular complexity index is 707. The van der Waals surface area contributed by atoms with Crippen molar-refractivity contribution < 1.29 is 19.4 Å². The first-order chi connectivity index (χ1) is 10.5. The van der Waals surface area contributed by atoms with Crippen molar-refractivity contribution in [3.05, 3.63) is 59.7 Å². The second-order valence-electron chi connectivity index (χ2n) is 5.35. The number of likely N-dealkylation sites (tertiary alicyclic amines) is 1. The first kappa shape index (κ1) is 14.5. The fourth-order valence-corrected chi connectivity index (χ4v) is 2.78. The molecule has 114 valence electrons. The number of aromatic hydroxyl groups is 1. The Hall–Kier alpha value is -2.47. The van der Waals surface area contributed by atoms with Crippen molar-refractivity contribution in [3.63, 3.8) is 0 Å². The number of carbonyl (C=O) groups excluding carboxylic acids is 1. The zero-order valence-corrected chi connectivity index (χ0v) is 11.7. The largest absolute Gasteiger partial charge is 0.506 e. The molecule has 1 amide bonds. The van der Waals surface area contributed by atoms with Crippen molar-refractivity contribution in [2.45, 2.75) is 18.6 Å². The molecule has 0 spiro atoms. The van der Waals surface area contributed by atoms with Crippen molar-refractivity contribution in [3.8, 4) is 5.75 Å². The van der Waals surface area contributed by atoms with Crippen LogP contribution in [0.15, 0.2) is 42.7 Å². The van der Waals surface area contributed by atoms with E-state index in [1.165, 1.54) is 35.5 Å². The molecule has 0 aliphatic carbocycles. The van der Waals surface area contributed by atoms with Gasteiger partial charge < -0.3 is 15.1 Å². The highest BCUT2D eigenvalue weighted by molar-refractivity contribution is 5.94. The van der Waals surface area contributed by atoms with Crippen molar-refractivity contribution in [1.82, 2.24) is 9.88 Å². The third kappa shape index (κ3) is 2.78. The molecule has 1 aliphatic rings. The van der Waals surface area contributed by atoms with E-state index in [1.807, 2.05) is 0 Å². The molecule has 2 atom stereocenters. The van der Waals surface area contributed by atoms with E-state index in [0.29, 0.717) is 12.0 Å². The SMILES string of the molecule is O=C(c1cncc(O)c1)N1C[C@@H](O)C[C@H]1c1cccc(F)c1. The Labute approximate surface area is 126 Å². The summed E-state index contributed by atoms with van der Waals surface area (Å²) in [5, 5.41) is 19.3. The molecule has 0 saturated carbocycles. The molecule has 2 N–H and O–H groups in total. The van der Waals surface area contributed by atoms with Crippen LogP contribution >= 0.6 is 0 Å². The number of hydrogen-bond acceptors (Lipinski definition) is 4. The van der Waals surface area contributed by atoms with E-state index in [-0.39, 0.29) is 29.6 Å². The minimum Gasteiger partial charge on any atom is -0.506 e. The Morgan fingerprint density at radius 3 is 2.86 bits per heavy atom. The fraction of sp³-hybridized carbons (Fsp3) is 0.250. The number of pyridine rings is 1. The van der Waals surface area contributed by atoms with E-state index in [4.69, 9.17) is 0 Å². The zero-order valence-electron chi connectivity index (χ0n) is 11.7. The predicted octanol–water partition coefficient (Wildman–Crippen LogP) is 1.87. The Balaban J connectivity index is 1.92. The lowest BCUT2D eigenvalue weighted by molar-refractivity contribution is 0.0714. The molecule has 0 bridgehead atoms. The van der Waals surface area contributed by atoms with Gasteiger partial charge in [-0.25, -0.2) is 4.39 Å². The van der Waals surface area contributed by atoms with Gasteiger partial charge in [-0.1, -0.05) is 12.1 Å². The lowest BCUT2D eigenvalue weighted by Crippen LogP contribution is -2.31. The Kier molecular flexibility index (Phi) is 3.77. The number of β-amino-alcohol motifs (C(OH)–C–C–N with tert-alkyl or cyclic N) is 1. The summed E-state index contributed by atoms with van der Waals surface area (Å²) in [5.74, 6) is -0.840. The lowest BCUT2D eigenvalue weighted by Gasteiger charge is -2.24. The van der Waals surface area contributed by atoms with Gasteiger partial charge in [-0.3, -0.25) is 9.78 Å². The minimum absolute atomic E-state index is 0.104. The molecule has 0 radical (unpaired) electrons. The molecule has 1 fully saturated rings. The number of nitrogens with zero attached hydrogens (tertiary/aromatic N) is 2. The van der Waals surface area contributed by atoms with Crippen molar-refractivity contribution >= 4 is 5.91 Å². The van der Waals surface area contributed by atoms with Crippen LogP contribution in [0.5, 0.6) is 5.75 Å². The monoisotopic (exact) mass is 302 g/mol. The highest BCUT2D eigenvalue weighted by atomic mass is 19.1. The van der Waals surface area contributed by atoms with Gasteiger partial charge in [0.25, 0.3) is 5.91 Å². The standard InChI is InChI=1S/C16H15FN2O3/c17-12-3-1-2-10(4-12)15-6-14(21)9-19(15)16(22)11-5-13(20)8-18-7-11/h1-5,7-8,14-15,20-21H,6,9H2/t14-,15-/m0/s1. The first-order valence-corrected chi connectivity index (χ1v) is 6.93. The summed E-state index contributed by atoms with van der Waals surface area (Å²) in [6.45, 7) is 0.162. The topological polar surface area (TPSA) is 73.7 Å². The van der Waals surface area contributed by atoms with Gasteiger partial charge >= 0.3 is 0 Å². The van der Waals surface area contributed by atoms with E-state index >= 15 is 0 Å². The molecule has 22 heavy (non-hydrogen) atoms. The van der Waals surface area contributed by atoms with Crippen molar-refractivity contribution in [2.75, 3.05) is 6.54 Å². The summed E-state index contributed by atoms with van der Waals surface area (Å²) in [4.78, 5) is 17.9. The highest BCUT2D eigenvalue weighted by Crippen LogP contribution is 2.33. The fourth-order valence-electron chi connectivity index (χ4n) is 2.78. The van der Waals surface area contributed by atoms with Crippen LogP contribution in [0.3, 0.4) is 0 Å². The molecule has 3 rings (SSSR count). The maximum absolute atomic E-state index is 13.4. The van der Waals surface area contributed by atoms with E-state index in [1.54, 1.807) is 12.1 Å². The van der Waals surface area contributed by atoms with E-state index < -0.39 is 12.1 Å². The normalized spacial score (nSPS) is 21.1. The molecule has 0 unspecified atom stereocenters. The number of aromatic nitrogens is 1. The van der Waals surface area contributed by atoms with Crippen molar-refractivity contribution in [2.24, 2.45) is 0 Å². The molecule has 1 saturated heterocycles. The van der Waals surface area contributed by atoms with Crippen LogP contribution in [-0.2, 0) is 0 Å². The lowest BCUT2D eigenvalue weighted by atomic mass is 10.0. The minimum atomic E-state index is -0.664. The first-order valence-electron chi connectivity index (χ1n) is 6.93. The van der Waals surface area contributed by atoms with Gasteiger partial charge in [-0.15, -0.1) is 0 Å². The zero-order chi connectivity index (χ0) is 15.7. The van der Waals surface area contributed by atoms with E-state index in [2.05, 4.69) is 4.98 Å². The summed E-state index contributed by atoms with van der Waals surface area (Å²) in [7, 11) is 0. The third-order valence-electron chi connectivity index (χ3n) is 3.74. The predicted molar refractivity (Wildman–Crippen MR) is 76.7 cm³/mol. The second kappa shape index (κ2) is 5.73. The molecule has 1 aromatic carbocycles. The number of hydrogen-bond donors (Lipinski definition) is 2. The average molecular weight is 302 g/mol. The van der Waals surface area contributed by atoms with Crippen molar-refractivity contribution in [1.29, 1.82) is 0 Å². The van der Waals surface area contributed by atoms with Gasteiger partial charge in [0, 0.05) is 12.7 Å². The maximum Gasteiger partial charge on any atom is 0.256 e. The number of carbonyl (C=O) groups is 1. The summed E-state index contributed by atoms with van der Waals surface area (Å²) in [6, 6.07) is 6.92. The van der Waals surface area contributed by atoms with Gasteiger partial charge in [0.15, 0.2) is 0 Å². The molecular formula is C16H15FN2O3. The average Bonchev–Trinajstić information content (AvgIpc) is 2.88. The van der Waals surface area contributed by atoms with Crippen LogP contribution in [0.25, 0.3) is 0 Å². The molecule has 1 aromatic heterocycles. The summed E-state index contributed by atoms with van der Waals surface area (Å²) < 4.78 is 13.4. The third-order valence-corrected chi connectivity index (χ3v) is 3.74. The van der Waals surface area contributed by atoms with Gasteiger partial charge in [0.1, 0.15) is 11.6 Å². The number of rotatable bonds is 2. The number of halogens is 1. The van der Waals surface area contributed by atoms with Gasteiger partial charge in [-0.05, 0) is 30.2 Å². The Morgan fingerprint density at radius 1 is 1.32 bits per heavy atom. The molecule has 1 aliphatic heterocycles. The highest BCUT2D eigenvalue weighted by Gasteiger charge is 2.36. The van der Waals surface area contributed by atoms with Gasteiger partial charge in [0.2, 0.25) is 0 Å². The number of benzene rings is 1.